The normalized spacial score (nSPS) is 17.0. The van der Waals surface area contributed by atoms with Crippen molar-refractivity contribution in [3.05, 3.63) is 29.3 Å². The molecule has 0 radical (unpaired) electrons. The van der Waals surface area contributed by atoms with E-state index in [0.29, 0.717) is 6.04 Å². The largest absolute Gasteiger partial charge is 0.372 e. The Morgan fingerprint density at radius 2 is 1.81 bits per heavy atom. The fourth-order valence-corrected chi connectivity index (χ4v) is 3.21. The van der Waals surface area contributed by atoms with Gasteiger partial charge >= 0.3 is 0 Å². The zero-order valence-corrected chi connectivity index (χ0v) is 14.4. The summed E-state index contributed by atoms with van der Waals surface area (Å²) >= 11 is 0. The van der Waals surface area contributed by atoms with Gasteiger partial charge in [-0.15, -0.1) is 0 Å². The van der Waals surface area contributed by atoms with Crippen LogP contribution in [0.5, 0.6) is 0 Å². The average Bonchev–Trinajstić information content (AvgIpc) is 2.46. The third-order valence-electron chi connectivity index (χ3n) is 4.87. The minimum atomic E-state index is 0.541. The highest BCUT2D eigenvalue weighted by Crippen LogP contribution is 2.28. The minimum Gasteiger partial charge on any atom is -0.372 e. The zero-order valence-electron chi connectivity index (χ0n) is 14.4. The van der Waals surface area contributed by atoms with Gasteiger partial charge in [-0.05, 0) is 54.9 Å². The zero-order chi connectivity index (χ0) is 15.4. The maximum absolute atomic E-state index is 3.51. The second kappa shape index (κ2) is 7.31. The van der Waals surface area contributed by atoms with Crippen LogP contribution >= 0.6 is 0 Å². The van der Waals surface area contributed by atoms with E-state index in [-0.39, 0.29) is 0 Å². The maximum Gasteiger partial charge on any atom is 0.0369 e. The predicted molar refractivity (Wildman–Crippen MR) is 92.9 cm³/mol. The molecule has 1 aliphatic rings. The van der Waals surface area contributed by atoms with Gasteiger partial charge in [-0.3, -0.25) is 0 Å². The molecular weight excluding hydrogens is 256 g/mol. The highest BCUT2D eigenvalue weighted by molar-refractivity contribution is 5.51. The third kappa shape index (κ3) is 4.47. The summed E-state index contributed by atoms with van der Waals surface area (Å²) < 4.78 is 0. The summed E-state index contributed by atoms with van der Waals surface area (Å²) in [5.41, 5.74) is 4.24. The van der Waals surface area contributed by atoms with Crippen molar-refractivity contribution in [1.29, 1.82) is 0 Å². The number of benzene rings is 1. The third-order valence-corrected chi connectivity index (χ3v) is 4.87. The van der Waals surface area contributed by atoms with E-state index in [2.05, 4.69) is 63.0 Å². The smallest absolute Gasteiger partial charge is 0.0369 e. The van der Waals surface area contributed by atoms with E-state index in [9.17, 15) is 0 Å². The van der Waals surface area contributed by atoms with E-state index < -0.39 is 0 Å². The quantitative estimate of drug-likeness (QED) is 0.865. The number of hydrogen-bond acceptors (Lipinski definition) is 2. The Balaban J connectivity index is 1.97. The lowest BCUT2D eigenvalue weighted by Gasteiger charge is -2.35. The lowest BCUT2D eigenvalue weighted by atomic mass is 9.86. The fourth-order valence-electron chi connectivity index (χ4n) is 3.21. The van der Waals surface area contributed by atoms with Gasteiger partial charge in [0.15, 0.2) is 0 Å². The van der Waals surface area contributed by atoms with Crippen LogP contribution in [0.15, 0.2) is 18.2 Å². The summed E-state index contributed by atoms with van der Waals surface area (Å²) in [4.78, 5) is 2.56. The van der Waals surface area contributed by atoms with Crippen molar-refractivity contribution < 1.29 is 0 Å². The summed E-state index contributed by atoms with van der Waals surface area (Å²) in [5.74, 6) is 1.75. The molecule has 0 saturated carbocycles. The Morgan fingerprint density at radius 1 is 1.14 bits per heavy atom. The molecule has 1 heterocycles. The molecule has 21 heavy (non-hydrogen) atoms. The molecule has 1 saturated heterocycles. The number of rotatable bonds is 5. The lowest BCUT2D eigenvalue weighted by molar-refractivity contribution is 0.311. The van der Waals surface area contributed by atoms with Gasteiger partial charge in [0, 0.05) is 31.4 Å². The van der Waals surface area contributed by atoms with Gasteiger partial charge in [-0.2, -0.15) is 0 Å². The first-order valence-corrected chi connectivity index (χ1v) is 8.55. The molecule has 0 bridgehead atoms. The van der Waals surface area contributed by atoms with Crippen molar-refractivity contribution >= 4 is 5.69 Å². The van der Waals surface area contributed by atoms with Crippen LogP contribution < -0.4 is 10.2 Å². The number of nitrogens with one attached hydrogen (secondary N) is 1. The molecular formula is C19H32N2. The molecule has 0 aliphatic carbocycles. The Hall–Kier alpha value is -1.02. The van der Waals surface area contributed by atoms with Crippen LogP contribution in [-0.4, -0.2) is 19.1 Å². The van der Waals surface area contributed by atoms with E-state index in [1.807, 2.05) is 0 Å². The topological polar surface area (TPSA) is 15.3 Å². The maximum atomic E-state index is 3.51. The van der Waals surface area contributed by atoms with Crippen molar-refractivity contribution in [1.82, 2.24) is 5.32 Å². The van der Waals surface area contributed by atoms with Crippen LogP contribution in [0, 0.1) is 18.8 Å². The van der Waals surface area contributed by atoms with Gasteiger partial charge < -0.3 is 10.2 Å². The van der Waals surface area contributed by atoms with E-state index in [4.69, 9.17) is 0 Å². The standard InChI is InChI=1S/C19H32N2/c1-14(2)17-8-10-21(11-9-17)19-7-6-18(16(5)12-19)13-20-15(3)4/h6-7,12,14-15,17,20H,8-11,13H2,1-5H3. The van der Waals surface area contributed by atoms with Crippen molar-refractivity contribution in [2.24, 2.45) is 11.8 Å². The molecule has 1 aromatic rings. The predicted octanol–water partition coefficient (Wildman–Crippen LogP) is 4.37. The highest BCUT2D eigenvalue weighted by atomic mass is 15.1. The molecule has 2 nitrogen and oxygen atoms in total. The average molecular weight is 288 g/mol. The molecule has 0 amide bonds. The van der Waals surface area contributed by atoms with Gasteiger partial charge in [0.2, 0.25) is 0 Å². The number of aryl methyl sites for hydroxylation is 1. The van der Waals surface area contributed by atoms with Crippen molar-refractivity contribution in [2.75, 3.05) is 18.0 Å². The van der Waals surface area contributed by atoms with Gasteiger partial charge in [-0.1, -0.05) is 33.8 Å². The molecule has 0 atom stereocenters. The second-order valence-corrected chi connectivity index (χ2v) is 7.21. The molecule has 2 heteroatoms. The molecule has 1 aromatic carbocycles. The molecule has 0 unspecified atom stereocenters. The van der Waals surface area contributed by atoms with Crippen molar-refractivity contribution in [2.45, 2.75) is 60.0 Å². The molecule has 1 fully saturated rings. The summed E-state index contributed by atoms with van der Waals surface area (Å²) in [6.07, 6.45) is 2.68. The second-order valence-electron chi connectivity index (χ2n) is 7.21. The Morgan fingerprint density at radius 3 is 2.33 bits per heavy atom. The van der Waals surface area contributed by atoms with Crippen molar-refractivity contribution in [3.63, 3.8) is 0 Å². The van der Waals surface area contributed by atoms with E-state index in [0.717, 1.165) is 18.4 Å². The van der Waals surface area contributed by atoms with Crippen LogP contribution in [0.4, 0.5) is 5.69 Å². The fraction of sp³-hybridized carbons (Fsp3) is 0.684. The Labute approximate surface area is 130 Å². The molecule has 1 aliphatic heterocycles. The van der Waals surface area contributed by atoms with Crippen molar-refractivity contribution in [3.8, 4) is 0 Å². The Kier molecular flexibility index (Phi) is 5.69. The molecule has 118 valence electrons. The Bertz CT molecular complexity index is 443. The first-order chi connectivity index (χ1) is 9.97. The van der Waals surface area contributed by atoms with Crippen LogP contribution in [0.3, 0.4) is 0 Å². The molecule has 0 aromatic heterocycles. The molecule has 0 spiro atoms. The summed E-state index contributed by atoms with van der Waals surface area (Å²) in [7, 11) is 0. The van der Waals surface area contributed by atoms with E-state index in [1.165, 1.54) is 42.7 Å². The number of hydrogen-bond donors (Lipinski definition) is 1. The summed E-state index contributed by atoms with van der Waals surface area (Å²) in [5, 5.41) is 3.51. The van der Waals surface area contributed by atoms with Gasteiger partial charge in [-0.25, -0.2) is 0 Å². The van der Waals surface area contributed by atoms with Crippen LogP contribution in [-0.2, 0) is 6.54 Å². The summed E-state index contributed by atoms with van der Waals surface area (Å²) in [6, 6.07) is 7.51. The van der Waals surface area contributed by atoms with Crippen LogP contribution in [0.1, 0.15) is 51.7 Å². The summed E-state index contributed by atoms with van der Waals surface area (Å²) in [6.45, 7) is 14.8. The molecule has 1 N–H and O–H groups in total. The number of piperidine rings is 1. The molecule has 2 rings (SSSR count). The number of anilines is 1. The first-order valence-electron chi connectivity index (χ1n) is 8.55. The lowest BCUT2D eigenvalue weighted by Crippen LogP contribution is -2.35. The van der Waals surface area contributed by atoms with Crippen LogP contribution in [0.2, 0.25) is 0 Å². The highest BCUT2D eigenvalue weighted by Gasteiger charge is 2.21. The number of nitrogens with zero attached hydrogens (tertiary/aromatic N) is 1. The van der Waals surface area contributed by atoms with E-state index >= 15 is 0 Å². The van der Waals surface area contributed by atoms with E-state index in [1.54, 1.807) is 0 Å². The van der Waals surface area contributed by atoms with Gasteiger partial charge in [0.25, 0.3) is 0 Å². The van der Waals surface area contributed by atoms with Crippen LogP contribution in [0.25, 0.3) is 0 Å². The first kappa shape index (κ1) is 16.4. The minimum absolute atomic E-state index is 0.541. The van der Waals surface area contributed by atoms with Gasteiger partial charge in [0.1, 0.15) is 0 Å². The monoisotopic (exact) mass is 288 g/mol. The SMILES string of the molecule is Cc1cc(N2CCC(C(C)C)CC2)ccc1CNC(C)C. The van der Waals surface area contributed by atoms with Gasteiger partial charge in [0.05, 0.1) is 0 Å².